The minimum absolute atomic E-state index is 0.134. The second-order valence-corrected chi connectivity index (χ2v) is 6.63. The highest BCUT2D eigenvalue weighted by atomic mass is 19.4. The van der Waals surface area contributed by atoms with Crippen LogP contribution in [0.4, 0.5) is 23.2 Å². The third kappa shape index (κ3) is 5.33. The molecule has 0 radical (unpaired) electrons. The molecule has 0 unspecified atom stereocenters. The van der Waals surface area contributed by atoms with Crippen LogP contribution in [0.5, 0.6) is 0 Å². The molecule has 1 aliphatic carbocycles. The molecule has 1 aromatic heterocycles. The van der Waals surface area contributed by atoms with Crippen molar-refractivity contribution in [2.75, 3.05) is 19.0 Å². The van der Waals surface area contributed by atoms with Gasteiger partial charge in [-0.2, -0.15) is 18.3 Å². The van der Waals surface area contributed by atoms with Gasteiger partial charge >= 0.3 is 12.1 Å². The molecule has 0 aliphatic heterocycles. The number of anilines is 1. The number of nitrogens with one attached hydrogen (secondary N) is 2. The molecular formula is C18H20F4N4O4. The molecule has 3 rings (SSSR count). The first-order chi connectivity index (χ1) is 14.0. The molecule has 164 valence electrons. The molecule has 1 heterocycles. The second kappa shape index (κ2) is 9.22. The van der Waals surface area contributed by atoms with Crippen LogP contribution in [-0.4, -0.2) is 52.6 Å². The van der Waals surface area contributed by atoms with E-state index in [1.54, 1.807) is 25.3 Å². The van der Waals surface area contributed by atoms with Crippen LogP contribution >= 0.6 is 0 Å². The maximum atomic E-state index is 13.9. The van der Waals surface area contributed by atoms with Crippen molar-refractivity contribution >= 4 is 17.6 Å². The fraction of sp³-hybridized carbons (Fsp3) is 0.389. The summed E-state index contributed by atoms with van der Waals surface area (Å²) in [5, 5.41) is 16.6. The molecular weight excluding hydrogens is 412 g/mol. The molecule has 0 saturated heterocycles. The van der Waals surface area contributed by atoms with Gasteiger partial charge in [0.1, 0.15) is 5.82 Å². The number of carbonyl (C=O) groups is 2. The van der Waals surface area contributed by atoms with E-state index in [0.717, 1.165) is 0 Å². The third-order valence-electron chi connectivity index (χ3n) is 4.70. The van der Waals surface area contributed by atoms with Crippen molar-refractivity contribution in [2.45, 2.75) is 24.6 Å². The molecule has 0 atom stereocenters. The van der Waals surface area contributed by atoms with Crippen molar-refractivity contribution in [1.82, 2.24) is 10.2 Å². The zero-order valence-corrected chi connectivity index (χ0v) is 15.8. The number of halogens is 4. The fourth-order valence-electron chi connectivity index (χ4n) is 2.93. The number of H-pyrrole nitrogens is 1. The Bertz CT molecular complexity index is 888. The number of nitrogens with zero attached hydrogens (tertiary/aromatic N) is 1. The summed E-state index contributed by atoms with van der Waals surface area (Å²) in [6.45, 7) is 0.388. The van der Waals surface area contributed by atoms with Gasteiger partial charge in [0, 0.05) is 25.1 Å². The normalized spacial score (nSPS) is 20.5. The molecule has 1 saturated carbocycles. The molecule has 1 fully saturated rings. The predicted molar refractivity (Wildman–Crippen MR) is 97.8 cm³/mol. The molecule has 1 aliphatic rings. The number of ether oxygens (including phenoxy) is 1. The summed E-state index contributed by atoms with van der Waals surface area (Å²) in [4.78, 5) is 21.2. The summed E-state index contributed by atoms with van der Waals surface area (Å²) in [6, 6.07) is 6.33. The van der Waals surface area contributed by atoms with Crippen LogP contribution in [0.2, 0.25) is 0 Å². The van der Waals surface area contributed by atoms with E-state index in [4.69, 9.17) is 20.4 Å². The Hall–Kier alpha value is -2.99. The highest BCUT2D eigenvalue weighted by Crippen LogP contribution is 2.40. The number of rotatable bonds is 5. The molecule has 0 spiro atoms. The summed E-state index contributed by atoms with van der Waals surface area (Å²) in [5.74, 6) is -3.43. The van der Waals surface area contributed by atoms with Crippen LogP contribution in [0.15, 0.2) is 30.5 Å². The van der Waals surface area contributed by atoms with Crippen molar-refractivity contribution in [3.05, 3.63) is 36.3 Å². The zero-order valence-electron chi connectivity index (χ0n) is 15.8. The number of amides is 1. The number of methoxy groups -OCH3 is 1. The SMILES string of the molecule is COC1(CN)CC(C(=O)Nc2cn[nH]c2-c2ccccc2F)C1.O=C(O)C(F)(F)F. The molecule has 5 N–H and O–H groups in total. The third-order valence-corrected chi connectivity index (χ3v) is 4.70. The number of aromatic nitrogens is 2. The molecule has 30 heavy (non-hydrogen) atoms. The number of benzene rings is 1. The first-order valence-electron chi connectivity index (χ1n) is 8.67. The first kappa shape index (κ1) is 23.3. The number of carboxylic acid groups (broad SMARTS) is 1. The van der Waals surface area contributed by atoms with Crippen LogP contribution in [-0.2, 0) is 14.3 Å². The summed E-state index contributed by atoms with van der Waals surface area (Å²) < 4.78 is 51.0. The molecule has 8 nitrogen and oxygen atoms in total. The number of carbonyl (C=O) groups excluding carboxylic acids is 1. The van der Waals surface area contributed by atoms with Gasteiger partial charge in [0.2, 0.25) is 5.91 Å². The second-order valence-electron chi connectivity index (χ2n) is 6.63. The average Bonchev–Trinajstić information content (AvgIpc) is 3.09. The van der Waals surface area contributed by atoms with Crippen LogP contribution in [0.3, 0.4) is 0 Å². The van der Waals surface area contributed by atoms with Crippen molar-refractivity contribution in [3.8, 4) is 11.3 Å². The van der Waals surface area contributed by atoms with Gasteiger partial charge in [0.05, 0.1) is 23.2 Å². The van der Waals surface area contributed by atoms with Crippen molar-refractivity contribution < 1.29 is 37.0 Å². The van der Waals surface area contributed by atoms with Gasteiger partial charge in [0.15, 0.2) is 0 Å². The van der Waals surface area contributed by atoms with Gasteiger partial charge in [-0.25, -0.2) is 9.18 Å². The Morgan fingerprint density at radius 3 is 2.47 bits per heavy atom. The molecule has 1 amide bonds. The van der Waals surface area contributed by atoms with Gasteiger partial charge in [-0.3, -0.25) is 9.89 Å². The highest BCUT2D eigenvalue weighted by molar-refractivity contribution is 5.96. The zero-order chi connectivity index (χ0) is 22.5. The lowest BCUT2D eigenvalue weighted by molar-refractivity contribution is -0.192. The number of alkyl halides is 3. The Morgan fingerprint density at radius 2 is 1.97 bits per heavy atom. The molecule has 1 aromatic carbocycles. The van der Waals surface area contributed by atoms with Crippen LogP contribution in [0.1, 0.15) is 12.8 Å². The quantitative estimate of drug-likeness (QED) is 0.537. The largest absolute Gasteiger partial charge is 0.490 e. The predicted octanol–water partition coefficient (Wildman–Crippen LogP) is 2.54. The van der Waals surface area contributed by atoms with E-state index in [0.29, 0.717) is 36.3 Å². The van der Waals surface area contributed by atoms with Crippen LogP contribution in [0, 0.1) is 11.7 Å². The van der Waals surface area contributed by atoms with Gasteiger partial charge in [0.25, 0.3) is 0 Å². The lowest BCUT2D eigenvalue weighted by Crippen LogP contribution is -2.54. The minimum atomic E-state index is -5.08. The van der Waals surface area contributed by atoms with E-state index >= 15 is 0 Å². The number of hydrogen-bond acceptors (Lipinski definition) is 5. The Morgan fingerprint density at radius 1 is 1.37 bits per heavy atom. The molecule has 0 bridgehead atoms. The maximum Gasteiger partial charge on any atom is 0.490 e. The number of aliphatic carboxylic acids is 1. The van der Waals surface area contributed by atoms with E-state index in [-0.39, 0.29) is 17.6 Å². The maximum absolute atomic E-state index is 13.9. The number of aromatic amines is 1. The Labute approximate surface area is 168 Å². The lowest BCUT2D eigenvalue weighted by atomic mass is 9.70. The van der Waals surface area contributed by atoms with E-state index < -0.39 is 17.7 Å². The standard InChI is InChI=1S/C16H19FN4O2.C2HF3O2/c1-23-16(9-18)6-10(7-16)15(22)20-13-8-19-21-14(13)11-4-2-3-5-12(11)17;3-2(4,5)1(6)7/h2-5,8,10H,6-7,9,18H2,1H3,(H,19,21)(H,20,22);(H,6,7). The Balaban J connectivity index is 0.000000396. The monoisotopic (exact) mass is 432 g/mol. The van der Waals surface area contributed by atoms with E-state index in [1.165, 1.54) is 12.3 Å². The molecule has 12 heteroatoms. The highest BCUT2D eigenvalue weighted by Gasteiger charge is 2.47. The topological polar surface area (TPSA) is 130 Å². The average molecular weight is 432 g/mol. The van der Waals surface area contributed by atoms with Gasteiger partial charge in [-0.15, -0.1) is 0 Å². The van der Waals surface area contributed by atoms with E-state index in [1.807, 2.05) is 0 Å². The first-order valence-corrected chi connectivity index (χ1v) is 8.67. The van der Waals surface area contributed by atoms with Gasteiger partial charge < -0.3 is 20.9 Å². The number of nitrogens with two attached hydrogens (primary N) is 1. The smallest absolute Gasteiger partial charge is 0.475 e. The van der Waals surface area contributed by atoms with Crippen LogP contribution < -0.4 is 11.1 Å². The van der Waals surface area contributed by atoms with Gasteiger partial charge in [-0.05, 0) is 25.0 Å². The van der Waals surface area contributed by atoms with Crippen LogP contribution in [0.25, 0.3) is 11.3 Å². The summed E-state index contributed by atoms with van der Waals surface area (Å²) >= 11 is 0. The lowest BCUT2D eigenvalue weighted by Gasteiger charge is -2.44. The number of carboxylic acids is 1. The number of hydrogen-bond donors (Lipinski definition) is 4. The van der Waals surface area contributed by atoms with Crippen molar-refractivity contribution in [3.63, 3.8) is 0 Å². The molecule has 2 aromatic rings. The minimum Gasteiger partial charge on any atom is -0.475 e. The van der Waals surface area contributed by atoms with E-state index in [2.05, 4.69) is 15.5 Å². The summed E-state index contributed by atoms with van der Waals surface area (Å²) in [7, 11) is 1.60. The van der Waals surface area contributed by atoms with Gasteiger partial charge in [-0.1, -0.05) is 12.1 Å². The van der Waals surface area contributed by atoms with Crippen molar-refractivity contribution in [2.24, 2.45) is 11.7 Å². The summed E-state index contributed by atoms with van der Waals surface area (Å²) in [6.07, 6.45) is -2.44. The Kier molecular flexibility index (Phi) is 7.16. The van der Waals surface area contributed by atoms with E-state index in [9.17, 15) is 22.4 Å². The summed E-state index contributed by atoms with van der Waals surface area (Å²) in [5.41, 5.74) is 6.56. The van der Waals surface area contributed by atoms with Crippen molar-refractivity contribution in [1.29, 1.82) is 0 Å². The fourth-order valence-corrected chi connectivity index (χ4v) is 2.93.